The van der Waals surface area contributed by atoms with E-state index >= 15 is 0 Å². The van der Waals surface area contributed by atoms with Gasteiger partial charge in [0.05, 0.1) is 13.7 Å². The van der Waals surface area contributed by atoms with Gasteiger partial charge in [0.2, 0.25) is 0 Å². The van der Waals surface area contributed by atoms with Gasteiger partial charge in [-0.1, -0.05) is 24.3 Å². The average Bonchev–Trinajstić information content (AvgIpc) is 2.80. The molecule has 1 fully saturated rings. The summed E-state index contributed by atoms with van der Waals surface area (Å²) in [7, 11) is 1.24. The van der Waals surface area contributed by atoms with Gasteiger partial charge < -0.3 is 14.8 Å². The number of esters is 1. The Labute approximate surface area is 103 Å². The second-order valence-corrected chi connectivity index (χ2v) is 3.67. The average molecular weight is 246 g/mol. The van der Waals surface area contributed by atoms with Crippen molar-refractivity contribution >= 4 is 17.7 Å². The largest absolute Gasteiger partial charge is 0.467 e. The van der Waals surface area contributed by atoms with Gasteiger partial charge in [0.15, 0.2) is 17.8 Å². The number of ether oxygens (including phenoxy) is 2. The second-order valence-electron chi connectivity index (χ2n) is 3.67. The number of nitrogens with one attached hydrogen (secondary N) is 1. The van der Waals surface area contributed by atoms with Crippen LogP contribution >= 0.6 is 0 Å². The van der Waals surface area contributed by atoms with Crippen LogP contribution in [-0.2, 0) is 14.3 Å². The van der Waals surface area contributed by atoms with Crippen LogP contribution < -0.4 is 5.32 Å². The number of hydrogen-bond donors (Lipinski definition) is 1. The lowest BCUT2D eigenvalue weighted by Crippen LogP contribution is -2.36. The standard InChI is InChI=1S/C12H10N2O4/c1-13-8-5-3-7(4-6-8)10-9(11(15)17-2)14-12(16)18-10/h3-6,9-10H,2H3,(H,14,16)/t9-,10+/m0/s1. The molecule has 0 radical (unpaired) electrons. The van der Waals surface area contributed by atoms with Crippen molar-refractivity contribution in [2.45, 2.75) is 12.1 Å². The molecule has 2 atom stereocenters. The van der Waals surface area contributed by atoms with E-state index in [-0.39, 0.29) is 0 Å². The molecule has 1 heterocycles. The summed E-state index contributed by atoms with van der Waals surface area (Å²) in [5, 5.41) is 2.39. The third kappa shape index (κ3) is 2.11. The van der Waals surface area contributed by atoms with Gasteiger partial charge in [-0.25, -0.2) is 14.4 Å². The van der Waals surface area contributed by atoms with Crippen LogP contribution in [0.25, 0.3) is 4.85 Å². The molecule has 1 N–H and O–H groups in total. The smallest absolute Gasteiger partial charge is 0.408 e. The quantitative estimate of drug-likeness (QED) is 0.635. The van der Waals surface area contributed by atoms with Crippen LogP contribution in [0.4, 0.5) is 10.5 Å². The molecule has 0 saturated carbocycles. The van der Waals surface area contributed by atoms with Gasteiger partial charge >= 0.3 is 12.1 Å². The van der Waals surface area contributed by atoms with E-state index in [0.717, 1.165) is 0 Å². The number of hydrogen-bond acceptors (Lipinski definition) is 4. The van der Waals surface area contributed by atoms with Crippen LogP contribution in [0.2, 0.25) is 0 Å². The molecule has 6 nitrogen and oxygen atoms in total. The Morgan fingerprint density at radius 2 is 2.11 bits per heavy atom. The maximum atomic E-state index is 11.5. The lowest BCUT2D eigenvalue weighted by Gasteiger charge is -2.14. The Morgan fingerprint density at radius 3 is 2.67 bits per heavy atom. The number of nitrogens with zero attached hydrogens (tertiary/aromatic N) is 1. The van der Waals surface area contributed by atoms with Crippen molar-refractivity contribution in [2.75, 3.05) is 7.11 Å². The first-order valence-electron chi connectivity index (χ1n) is 5.18. The third-order valence-corrected chi connectivity index (χ3v) is 2.62. The van der Waals surface area contributed by atoms with E-state index in [0.29, 0.717) is 11.3 Å². The first-order valence-corrected chi connectivity index (χ1v) is 5.18. The van der Waals surface area contributed by atoms with Crippen molar-refractivity contribution in [2.24, 2.45) is 0 Å². The molecule has 1 aliphatic rings. The molecule has 92 valence electrons. The molecular weight excluding hydrogens is 236 g/mol. The van der Waals surface area contributed by atoms with E-state index in [1.54, 1.807) is 24.3 Å². The predicted molar refractivity (Wildman–Crippen MR) is 60.9 cm³/mol. The number of carbonyl (C=O) groups excluding carboxylic acids is 2. The summed E-state index contributed by atoms with van der Waals surface area (Å²) in [5.41, 5.74) is 1.11. The van der Waals surface area contributed by atoms with Gasteiger partial charge in [-0.15, -0.1) is 0 Å². The number of methoxy groups -OCH3 is 1. The fraction of sp³-hybridized carbons (Fsp3) is 0.250. The van der Waals surface area contributed by atoms with E-state index in [4.69, 9.17) is 11.3 Å². The van der Waals surface area contributed by atoms with Crippen molar-refractivity contribution in [3.63, 3.8) is 0 Å². The Morgan fingerprint density at radius 1 is 1.44 bits per heavy atom. The van der Waals surface area contributed by atoms with Crippen molar-refractivity contribution in [3.05, 3.63) is 41.2 Å². The third-order valence-electron chi connectivity index (χ3n) is 2.62. The Hall–Kier alpha value is -2.55. The van der Waals surface area contributed by atoms with E-state index < -0.39 is 24.2 Å². The van der Waals surface area contributed by atoms with Crippen molar-refractivity contribution in [1.29, 1.82) is 0 Å². The summed E-state index contributed by atoms with van der Waals surface area (Å²) in [6.45, 7) is 6.85. The highest BCUT2D eigenvalue weighted by Gasteiger charge is 2.40. The van der Waals surface area contributed by atoms with Gasteiger partial charge in [-0.3, -0.25) is 0 Å². The zero-order chi connectivity index (χ0) is 13.1. The summed E-state index contributed by atoms with van der Waals surface area (Å²) in [6, 6.07) is 5.63. The molecule has 0 unspecified atom stereocenters. The molecule has 1 aromatic rings. The molecule has 0 bridgehead atoms. The molecule has 6 heteroatoms. The maximum Gasteiger partial charge on any atom is 0.408 e. The lowest BCUT2D eigenvalue weighted by molar-refractivity contribution is -0.144. The molecule has 1 saturated heterocycles. The lowest BCUT2D eigenvalue weighted by atomic mass is 10.0. The number of alkyl carbamates (subject to hydrolysis) is 1. The molecule has 18 heavy (non-hydrogen) atoms. The molecule has 1 aromatic carbocycles. The van der Waals surface area contributed by atoms with Gasteiger partial charge in [0, 0.05) is 0 Å². The minimum atomic E-state index is -0.860. The maximum absolute atomic E-state index is 11.5. The second kappa shape index (κ2) is 4.75. The van der Waals surface area contributed by atoms with Crippen LogP contribution in [0.3, 0.4) is 0 Å². The van der Waals surface area contributed by atoms with Crippen LogP contribution in [0.5, 0.6) is 0 Å². The fourth-order valence-corrected chi connectivity index (χ4v) is 1.73. The zero-order valence-electron chi connectivity index (χ0n) is 9.54. The summed E-state index contributed by atoms with van der Waals surface area (Å²) in [4.78, 5) is 26.0. The van der Waals surface area contributed by atoms with E-state index in [2.05, 4.69) is 14.9 Å². The Balaban J connectivity index is 2.27. The fourth-order valence-electron chi connectivity index (χ4n) is 1.73. The monoisotopic (exact) mass is 246 g/mol. The van der Waals surface area contributed by atoms with Gasteiger partial charge in [-0.05, 0) is 5.56 Å². The summed E-state index contributed by atoms with van der Waals surface area (Å²) in [6.07, 6.45) is -1.39. The SMILES string of the molecule is [C-]#[N+]c1ccc([C@H]2OC(=O)N[C@@H]2C(=O)OC)cc1. The van der Waals surface area contributed by atoms with Crippen LogP contribution in [0, 0.1) is 6.57 Å². The van der Waals surface area contributed by atoms with E-state index in [1.807, 2.05) is 0 Å². The van der Waals surface area contributed by atoms with E-state index in [9.17, 15) is 9.59 Å². The number of rotatable bonds is 2. The van der Waals surface area contributed by atoms with E-state index in [1.165, 1.54) is 7.11 Å². The van der Waals surface area contributed by atoms with Crippen molar-refractivity contribution < 1.29 is 19.1 Å². The van der Waals surface area contributed by atoms with Crippen molar-refractivity contribution in [3.8, 4) is 0 Å². The molecule has 0 spiro atoms. The van der Waals surface area contributed by atoms with Gasteiger partial charge in [0.25, 0.3) is 0 Å². The molecule has 1 amide bonds. The highest BCUT2D eigenvalue weighted by atomic mass is 16.6. The van der Waals surface area contributed by atoms with Crippen molar-refractivity contribution in [1.82, 2.24) is 5.32 Å². The number of cyclic esters (lactones) is 1. The molecule has 2 rings (SSSR count). The first-order chi connectivity index (χ1) is 8.65. The zero-order valence-corrected chi connectivity index (χ0v) is 9.54. The molecule has 0 aromatic heterocycles. The topological polar surface area (TPSA) is 69.0 Å². The number of benzene rings is 1. The van der Waals surface area contributed by atoms with Crippen LogP contribution in [0.1, 0.15) is 11.7 Å². The Bertz CT molecular complexity index is 518. The molecule has 0 aliphatic carbocycles. The summed E-state index contributed by atoms with van der Waals surface area (Å²) < 4.78 is 9.63. The molecular formula is C12H10N2O4. The predicted octanol–water partition coefficient (Wildman–Crippen LogP) is 1.56. The Kier molecular flexibility index (Phi) is 3.15. The highest BCUT2D eigenvalue weighted by Crippen LogP contribution is 2.28. The molecule has 1 aliphatic heterocycles. The van der Waals surface area contributed by atoms with Crippen LogP contribution in [0.15, 0.2) is 24.3 Å². The summed E-state index contributed by atoms with van der Waals surface area (Å²) >= 11 is 0. The van der Waals surface area contributed by atoms with Gasteiger partial charge in [0.1, 0.15) is 0 Å². The van der Waals surface area contributed by atoms with Crippen LogP contribution in [-0.4, -0.2) is 25.2 Å². The number of carbonyl (C=O) groups is 2. The van der Waals surface area contributed by atoms with Gasteiger partial charge in [-0.2, -0.15) is 0 Å². The number of amides is 1. The normalized spacial score (nSPS) is 21.7. The minimum Gasteiger partial charge on any atom is -0.467 e. The first kappa shape index (κ1) is 11.9. The summed E-state index contributed by atoms with van der Waals surface area (Å²) in [5.74, 6) is -0.569. The highest BCUT2D eigenvalue weighted by molar-refractivity contribution is 5.85. The minimum absolute atomic E-state index is 0.477.